The molecular weight excluding hydrogens is 474 g/mol. The standard InChI is InChI=1S/C23H29N5O8/c24-14(8-12-10-25-15-5-2-1-4-13(12)15)22(34)28-7-3-6-18(28)21(33)27-17(11-29)20(32)26-16(23(35)36)9-19(30)31/h1-2,4-5,10,14,16-18,25,29H,3,6-9,11,24H2,(H,26,32)(H,27,33)(H,30,31)(H,35,36). The molecule has 0 spiro atoms. The number of H-pyrrole nitrogens is 1. The maximum atomic E-state index is 13.1. The summed E-state index contributed by atoms with van der Waals surface area (Å²) >= 11 is 0. The molecule has 0 bridgehead atoms. The van der Waals surface area contributed by atoms with E-state index in [-0.39, 0.29) is 13.0 Å². The number of nitrogens with one attached hydrogen (secondary N) is 3. The topological polar surface area (TPSA) is 215 Å². The Morgan fingerprint density at radius 2 is 1.83 bits per heavy atom. The van der Waals surface area contributed by atoms with Crippen molar-refractivity contribution in [3.63, 3.8) is 0 Å². The molecule has 2 heterocycles. The van der Waals surface area contributed by atoms with Crippen LogP contribution < -0.4 is 16.4 Å². The van der Waals surface area contributed by atoms with Gasteiger partial charge in [-0.3, -0.25) is 19.2 Å². The molecule has 194 valence electrons. The van der Waals surface area contributed by atoms with Gasteiger partial charge in [0.1, 0.15) is 18.1 Å². The number of hydrogen-bond donors (Lipinski definition) is 7. The van der Waals surface area contributed by atoms with Crippen LogP contribution in [-0.2, 0) is 30.4 Å². The molecule has 3 amide bonds. The first kappa shape index (κ1) is 26.6. The van der Waals surface area contributed by atoms with E-state index in [4.69, 9.17) is 15.9 Å². The molecule has 1 aliphatic heterocycles. The summed E-state index contributed by atoms with van der Waals surface area (Å²) in [6.07, 6.45) is 1.99. The lowest BCUT2D eigenvalue weighted by molar-refractivity contribution is -0.147. The van der Waals surface area contributed by atoms with E-state index in [0.717, 1.165) is 16.5 Å². The van der Waals surface area contributed by atoms with Crippen molar-refractivity contribution in [1.29, 1.82) is 0 Å². The summed E-state index contributed by atoms with van der Waals surface area (Å²) < 4.78 is 0. The number of benzene rings is 1. The van der Waals surface area contributed by atoms with Crippen molar-refractivity contribution in [2.24, 2.45) is 5.73 Å². The summed E-state index contributed by atoms with van der Waals surface area (Å²) in [5, 5.41) is 32.7. The first-order chi connectivity index (χ1) is 17.1. The fraction of sp³-hybridized carbons (Fsp3) is 0.435. The van der Waals surface area contributed by atoms with Crippen LogP contribution >= 0.6 is 0 Å². The monoisotopic (exact) mass is 503 g/mol. The Hall–Kier alpha value is -3.97. The molecule has 3 rings (SSSR count). The van der Waals surface area contributed by atoms with Crippen LogP contribution in [0, 0.1) is 0 Å². The Labute approximate surface area is 205 Å². The smallest absolute Gasteiger partial charge is 0.326 e. The number of carboxylic acid groups (broad SMARTS) is 2. The Morgan fingerprint density at radius 3 is 2.50 bits per heavy atom. The fourth-order valence-corrected chi connectivity index (χ4v) is 4.25. The van der Waals surface area contributed by atoms with Crippen LogP contribution in [-0.4, -0.2) is 92.2 Å². The molecular formula is C23H29N5O8. The number of aliphatic hydroxyl groups excluding tert-OH is 1. The van der Waals surface area contributed by atoms with Crippen LogP contribution in [0.4, 0.5) is 0 Å². The van der Waals surface area contributed by atoms with Crippen LogP contribution in [0.3, 0.4) is 0 Å². The highest BCUT2D eigenvalue weighted by Gasteiger charge is 2.38. The quantitative estimate of drug-likeness (QED) is 0.191. The van der Waals surface area contributed by atoms with Crippen LogP contribution in [0.5, 0.6) is 0 Å². The summed E-state index contributed by atoms with van der Waals surface area (Å²) in [4.78, 5) is 64.9. The van der Waals surface area contributed by atoms with E-state index in [1.165, 1.54) is 4.90 Å². The number of nitrogens with zero attached hydrogens (tertiary/aromatic N) is 1. The van der Waals surface area contributed by atoms with Gasteiger partial charge < -0.3 is 41.6 Å². The lowest BCUT2D eigenvalue weighted by Crippen LogP contribution is -2.57. The summed E-state index contributed by atoms with van der Waals surface area (Å²) in [6, 6.07) is 2.46. The van der Waals surface area contributed by atoms with Crippen LogP contribution in [0.1, 0.15) is 24.8 Å². The number of aromatic amines is 1. The Balaban J connectivity index is 1.63. The maximum absolute atomic E-state index is 13.1. The van der Waals surface area contributed by atoms with Gasteiger partial charge in [-0.1, -0.05) is 18.2 Å². The van der Waals surface area contributed by atoms with Crippen molar-refractivity contribution >= 4 is 40.6 Å². The van der Waals surface area contributed by atoms with Gasteiger partial charge in [0.05, 0.1) is 19.1 Å². The van der Waals surface area contributed by atoms with Gasteiger partial charge in [-0.25, -0.2) is 4.79 Å². The van der Waals surface area contributed by atoms with Gasteiger partial charge in [0.2, 0.25) is 17.7 Å². The molecule has 13 nitrogen and oxygen atoms in total. The summed E-state index contributed by atoms with van der Waals surface area (Å²) in [5.41, 5.74) is 7.96. The zero-order valence-electron chi connectivity index (χ0n) is 19.3. The van der Waals surface area contributed by atoms with Crippen LogP contribution in [0.15, 0.2) is 30.5 Å². The molecule has 1 saturated heterocycles. The second-order valence-electron chi connectivity index (χ2n) is 8.60. The molecule has 1 aromatic heterocycles. The average molecular weight is 504 g/mol. The van der Waals surface area contributed by atoms with E-state index in [1.54, 1.807) is 6.20 Å². The highest BCUT2D eigenvalue weighted by Crippen LogP contribution is 2.22. The summed E-state index contributed by atoms with van der Waals surface area (Å²) in [6.45, 7) is -0.577. The second kappa shape index (κ2) is 11.6. The number of para-hydroxylation sites is 1. The van der Waals surface area contributed by atoms with Crippen LogP contribution in [0.25, 0.3) is 10.9 Å². The highest BCUT2D eigenvalue weighted by molar-refractivity contribution is 5.95. The van der Waals surface area contributed by atoms with Gasteiger partial charge in [-0.15, -0.1) is 0 Å². The largest absolute Gasteiger partial charge is 0.481 e. The summed E-state index contributed by atoms with van der Waals surface area (Å²) in [7, 11) is 0. The fourth-order valence-electron chi connectivity index (χ4n) is 4.25. The van der Waals surface area contributed by atoms with E-state index in [2.05, 4.69) is 10.3 Å². The molecule has 0 aliphatic carbocycles. The van der Waals surface area contributed by atoms with Gasteiger partial charge in [0.25, 0.3) is 0 Å². The Bertz CT molecular complexity index is 1150. The lowest BCUT2D eigenvalue weighted by Gasteiger charge is -2.28. The van der Waals surface area contributed by atoms with Gasteiger partial charge >= 0.3 is 11.9 Å². The third-order valence-corrected chi connectivity index (χ3v) is 6.08. The average Bonchev–Trinajstić information content (AvgIpc) is 3.49. The van der Waals surface area contributed by atoms with Crippen molar-refractivity contribution in [2.75, 3.05) is 13.2 Å². The highest BCUT2D eigenvalue weighted by atomic mass is 16.4. The van der Waals surface area contributed by atoms with Crippen molar-refractivity contribution in [2.45, 2.75) is 49.9 Å². The SMILES string of the molecule is NC(Cc1c[nH]c2ccccc12)C(=O)N1CCCC1C(=O)NC(CO)C(=O)NC(CC(=O)O)C(=O)O. The molecule has 1 aromatic carbocycles. The van der Waals surface area contributed by atoms with Crippen LogP contribution in [0.2, 0.25) is 0 Å². The van der Waals surface area contributed by atoms with Crippen molar-refractivity contribution in [3.05, 3.63) is 36.0 Å². The number of fused-ring (bicyclic) bond motifs is 1. The molecule has 8 N–H and O–H groups in total. The number of carbonyl (C=O) groups is 5. The van der Waals surface area contributed by atoms with E-state index in [0.29, 0.717) is 12.8 Å². The zero-order valence-corrected chi connectivity index (χ0v) is 19.3. The minimum Gasteiger partial charge on any atom is -0.481 e. The molecule has 4 atom stereocenters. The molecule has 1 fully saturated rings. The predicted octanol–water partition coefficient (Wildman–Crippen LogP) is -1.45. The normalized spacial score (nSPS) is 17.8. The number of rotatable bonds is 11. The third kappa shape index (κ3) is 6.17. The lowest BCUT2D eigenvalue weighted by atomic mass is 10.0. The molecule has 0 radical (unpaired) electrons. The number of aliphatic carboxylic acids is 2. The van der Waals surface area contributed by atoms with E-state index < -0.39 is 66.9 Å². The van der Waals surface area contributed by atoms with Gasteiger partial charge in [0.15, 0.2) is 0 Å². The van der Waals surface area contributed by atoms with Crippen molar-refractivity contribution in [1.82, 2.24) is 20.5 Å². The molecule has 36 heavy (non-hydrogen) atoms. The molecule has 4 unspecified atom stereocenters. The zero-order chi connectivity index (χ0) is 26.4. The number of hydrogen-bond acceptors (Lipinski definition) is 7. The molecule has 2 aromatic rings. The molecule has 13 heteroatoms. The van der Waals surface area contributed by atoms with Crippen molar-refractivity contribution in [3.8, 4) is 0 Å². The van der Waals surface area contributed by atoms with Gasteiger partial charge in [-0.05, 0) is 30.9 Å². The van der Waals surface area contributed by atoms with E-state index in [1.807, 2.05) is 29.6 Å². The number of nitrogens with two attached hydrogens (primary N) is 1. The maximum Gasteiger partial charge on any atom is 0.326 e. The third-order valence-electron chi connectivity index (χ3n) is 6.08. The number of aliphatic hydroxyl groups is 1. The van der Waals surface area contributed by atoms with Gasteiger partial charge in [0, 0.05) is 23.6 Å². The first-order valence-electron chi connectivity index (χ1n) is 11.4. The minimum absolute atomic E-state index is 0.246. The molecule has 1 aliphatic rings. The minimum atomic E-state index is -1.74. The molecule has 0 saturated carbocycles. The number of amides is 3. The van der Waals surface area contributed by atoms with E-state index >= 15 is 0 Å². The Kier molecular flexibility index (Phi) is 8.61. The first-order valence-corrected chi connectivity index (χ1v) is 11.4. The van der Waals surface area contributed by atoms with E-state index in [9.17, 15) is 29.1 Å². The Morgan fingerprint density at radius 1 is 1.11 bits per heavy atom. The number of aromatic nitrogens is 1. The number of likely N-dealkylation sites (tertiary alicyclic amines) is 1. The second-order valence-corrected chi connectivity index (χ2v) is 8.60. The van der Waals surface area contributed by atoms with Gasteiger partial charge in [-0.2, -0.15) is 0 Å². The van der Waals surface area contributed by atoms with Crippen molar-refractivity contribution < 1.29 is 39.3 Å². The number of carboxylic acids is 2. The summed E-state index contributed by atoms with van der Waals surface area (Å²) in [5.74, 6) is -5.23. The predicted molar refractivity (Wildman–Crippen MR) is 126 cm³/mol. The number of carbonyl (C=O) groups excluding carboxylic acids is 3.